The summed E-state index contributed by atoms with van der Waals surface area (Å²) in [5.41, 5.74) is 12.7. The Labute approximate surface area is 124 Å². The fraction of sp³-hybridized carbons (Fsp3) is 0.200. The Kier molecular flexibility index (Phi) is 4.27. The van der Waals surface area contributed by atoms with Crippen molar-refractivity contribution in [3.8, 4) is 11.5 Å². The van der Waals surface area contributed by atoms with Gasteiger partial charge in [-0.2, -0.15) is 0 Å². The summed E-state index contributed by atoms with van der Waals surface area (Å²) in [6.45, 7) is 3.67. The third-order valence-electron chi connectivity index (χ3n) is 2.76. The fourth-order valence-electron chi connectivity index (χ4n) is 1.83. The molecule has 0 saturated heterocycles. The van der Waals surface area contributed by atoms with Gasteiger partial charge in [0.05, 0.1) is 5.69 Å². The first kappa shape index (κ1) is 14.6. The Morgan fingerprint density at radius 3 is 2.76 bits per heavy atom. The number of hydrogen-bond acceptors (Lipinski definition) is 6. The first-order chi connectivity index (χ1) is 9.95. The molecule has 2 rings (SSSR count). The molecule has 4 N–H and O–H groups in total. The lowest BCUT2D eigenvalue weighted by Crippen LogP contribution is -2.12. The number of nitrogen functional groups attached to an aromatic ring is 1. The van der Waals surface area contributed by atoms with Crippen molar-refractivity contribution in [2.75, 3.05) is 17.7 Å². The van der Waals surface area contributed by atoms with Gasteiger partial charge in [-0.15, -0.1) is 0 Å². The van der Waals surface area contributed by atoms with Crippen molar-refractivity contribution < 1.29 is 4.74 Å². The number of aryl methyl sites for hydroxylation is 1. The van der Waals surface area contributed by atoms with Crippen molar-refractivity contribution in [3.63, 3.8) is 0 Å². The largest absolute Gasteiger partial charge is 0.455 e. The number of hydrogen-bond donors (Lipinski definition) is 2. The summed E-state index contributed by atoms with van der Waals surface area (Å²) in [6, 6.07) is 7.11. The van der Waals surface area contributed by atoms with Crippen molar-refractivity contribution in [2.24, 2.45) is 5.73 Å². The van der Waals surface area contributed by atoms with Gasteiger partial charge in [0.25, 0.3) is 0 Å². The van der Waals surface area contributed by atoms with Crippen LogP contribution in [0, 0.1) is 6.92 Å². The smallest absolute Gasteiger partial charge is 0.148 e. The summed E-state index contributed by atoms with van der Waals surface area (Å²) in [5.74, 6) is 2.54. The van der Waals surface area contributed by atoms with Crippen molar-refractivity contribution in [1.29, 1.82) is 0 Å². The third kappa shape index (κ3) is 3.85. The Balaban J connectivity index is 2.23. The summed E-state index contributed by atoms with van der Waals surface area (Å²) < 4.78 is 5.82. The molecule has 0 atom stereocenters. The van der Waals surface area contributed by atoms with Crippen LogP contribution < -0.4 is 21.1 Å². The predicted molar refractivity (Wildman–Crippen MR) is 84.0 cm³/mol. The van der Waals surface area contributed by atoms with Crippen LogP contribution in [0.1, 0.15) is 12.6 Å². The van der Waals surface area contributed by atoms with E-state index in [4.69, 9.17) is 16.2 Å². The molecular weight excluding hydrogens is 266 g/mol. The van der Waals surface area contributed by atoms with E-state index in [-0.39, 0.29) is 0 Å². The summed E-state index contributed by atoms with van der Waals surface area (Å²) >= 11 is 0. The number of anilines is 2. The van der Waals surface area contributed by atoms with Crippen molar-refractivity contribution >= 4 is 11.6 Å². The SMILES string of the molecule is C/C(N)=C/N(C)c1cc(Oc2ccc(N)nc2C)ccn1. The molecular formula is C15H19N5O. The van der Waals surface area contributed by atoms with Crippen LogP contribution in [-0.4, -0.2) is 17.0 Å². The summed E-state index contributed by atoms with van der Waals surface area (Å²) in [5, 5.41) is 0. The number of allylic oxidation sites excluding steroid dienone is 1. The highest BCUT2D eigenvalue weighted by Gasteiger charge is 2.06. The molecule has 0 unspecified atom stereocenters. The molecule has 0 bridgehead atoms. The molecule has 2 heterocycles. The van der Waals surface area contributed by atoms with Crippen LogP contribution >= 0.6 is 0 Å². The van der Waals surface area contributed by atoms with Crippen LogP contribution in [0.25, 0.3) is 0 Å². The second kappa shape index (κ2) is 6.13. The monoisotopic (exact) mass is 285 g/mol. The molecule has 6 heteroatoms. The molecule has 2 aromatic heterocycles. The number of rotatable bonds is 4. The molecule has 6 nitrogen and oxygen atoms in total. The molecule has 0 aliphatic rings. The first-order valence-electron chi connectivity index (χ1n) is 6.49. The predicted octanol–water partition coefficient (Wildman–Crippen LogP) is 2.42. The molecule has 110 valence electrons. The van der Waals surface area contributed by atoms with Crippen LogP contribution in [0.15, 0.2) is 42.4 Å². The van der Waals surface area contributed by atoms with Crippen LogP contribution in [0.2, 0.25) is 0 Å². The van der Waals surface area contributed by atoms with Gasteiger partial charge < -0.3 is 21.1 Å². The lowest BCUT2D eigenvalue weighted by atomic mass is 10.3. The van der Waals surface area contributed by atoms with E-state index in [1.165, 1.54) is 0 Å². The minimum Gasteiger partial charge on any atom is -0.455 e. The van der Waals surface area contributed by atoms with Crippen LogP contribution in [0.3, 0.4) is 0 Å². The molecule has 0 saturated carbocycles. The van der Waals surface area contributed by atoms with E-state index in [0.717, 1.165) is 11.5 Å². The van der Waals surface area contributed by atoms with Gasteiger partial charge in [0.1, 0.15) is 23.1 Å². The minimum atomic E-state index is 0.471. The number of nitrogens with two attached hydrogens (primary N) is 2. The lowest BCUT2D eigenvalue weighted by Gasteiger charge is -2.15. The third-order valence-corrected chi connectivity index (χ3v) is 2.76. The lowest BCUT2D eigenvalue weighted by molar-refractivity contribution is 0.475. The van der Waals surface area contributed by atoms with Gasteiger partial charge in [-0.05, 0) is 32.0 Å². The Bertz CT molecular complexity index is 665. The second-order valence-electron chi connectivity index (χ2n) is 4.76. The van der Waals surface area contributed by atoms with E-state index in [2.05, 4.69) is 9.97 Å². The van der Waals surface area contributed by atoms with E-state index >= 15 is 0 Å². The number of nitrogens with zero attached hydrogens (tertiary/aromatic N) is 3. The van der Waals surface area contributed by atoms with Gasteiger partial charge in [-0.3, -0.25) is 0 Å². The standard InChI is InChI=1S/C15H19N5O/c1-10(16)9-20(3)15-8-12(6-7-18-15)21-13-4-5-14(17)19-11(13)2/h4-9H,16H2,1-3H3,(H2,17,19)/b10-9-. The molecule has 0 radical (unpaired) electrons. The number of pyridine rings is 2. The van der Waals surface area contributed by atoms with E-state index in [1.807, 2.05) is 31.9 Å². The van der Waals surface area contributed by atoms with Gasteiger partial charge in [-0.25, -0.2) is 9.97 Å². The highest BCUT2D eigenvalue weighted by Crippen LogP contribution is 2.26. The quantitative estimate of drug-likeness (QED) is 0.896. The average molecular weight is 285 g/mol. The Morgan fingerprint density at radius 2 is 2.10 bits per heavy atom. The summed E-state index contributed by atoms with van der Waals surface area (Å²) in [6.07, 6.45) is 3.48. The average Bonchev–Trinajstić information content (AvgIpc) is 2.41. The van der Waals surface area contributed by atoms with E-state index in [1.54, 1.807) is 30.6 Å². The van der Waals surface area contributed by atoms with E-state index in [9.17, 15) is 0 Å². The molecule has 0 aliphatic heterocycles. The normalized spacial score (nSPS) is 11.3. The maximum Gasteiger partial charge on any atom is 0.148 e. The summed E-state index contributed by atoms with van der Waals surface area (Å²) in [7, 11) is 1.87. The van der Waals surface area contributed by atoms with Gasteiger partial charge >= 0.3 is 0 Å². The Morgan fingerprint density at radius 1 is 1.33 bits per heavy atom. The minimum absolute atomic E-state index is 0.471. The highest BCUT2D eigenvalue weighted by atomic mass is 16.5. The molecule has 2 aromatic rings. The zero-order valence-electron chi connectivity index (χ0n) is 12.4. The zero-order valence-corrected chi connectivity index (χ0v) is 12.4. The maximum absolute atomic E-state index is 5.82. The van der Waals surface area contributed by atoms with E-state index < -0.39 is 0 Å². The topological polar surface area (TPSA) is 90.3 Å². The molecule has 0 aliphatic carbocycles. The molecule has 0 fully saturated rings. The van der Waals surface area contributed by atoms with Crippen molar-refractivity contribution in [3.05, 3.63) is 48.1 Å². The maximum atomic E-state index is 5.82. The summed E-state index contributed by atoms with van der Waals surface area (Å²) in [4.78, 5) is 10.3. The second-order valence-corrected chi connectivity index (χ2v) is 4.76. The van der Waals surface area contributed by atoms with E-state index in [0.29, 0.717) is 23.0 Å². The molecule has 0 aromatic carbocycles. The molecule has 0 spiro atoms. The molecule has 21 heavy (non-hydrogen) atoms. The van der Waals surface area contributed by atoms with Crippen LogP contribution in [0.4, 0.5) is 11.6 Å². The number of aromatic nitrogens is 2. The van der Waals surface area contributed by atoms with Gasteiger partial charge in [0.2, 0.25) is 0 Å². The highest BCUT2D eigenvalue weighted by molar-refractivity contribution is 5.47. The first-order valence-corrected chi connectivity index (χ1v) is 6.49. The van der Waals surface area contributed by atoms with Crippen molar-refractivity contribution in [1.82, 2.24) is 9.97 Å². The van der Waals surface area contributed by atoms with Gasteiger partial charge in [-0.1, -0.05) is 0 Å². The van der Waals surface area contributed by atoms with Crippen molar-refractivity contribution in [2.45, 2.75) is 13.8 Å². The molecule has 0 amide bonds. The fourth-order valence-corrected chi connectivity index (χ4v) is 1.83. The van der Waals surface area contributed by atoms with Gasteiger partial charge in [0, 0.05) is 31.2 Å². The van der Waals surface area contributed by atoms with Crippen LogP contribution in [-0.2, 0) is 0 Å². The number of ether oxygens (including phenoxy) is 1. The Hall–Kier alpha value is -2.76. The van der Waals surface area contributed by atoms with Gasteiger partial charge in [0.15, 0.2) is 0 Å². The van der Waals surface area contributed by atoms with Crippen LogP contribution in [0.5, 0.6) is 11.5 Å². The zero-order chi connectivity index (χ0) is 15.4.